The number of benzene rings is 2. The zero-order chi connectivity index (χ0) is 23.4. The van der Waals surface area contributed by atoms with Crippen molar-refractivity contribution in [1.29, 1.82) is 0 Å². The number of nitrogens with one attached hydrogen (secondary N) is 1. The van der Waals surface area contributed by atoms with Crippen LogP contribution < -0.4 is 15.0 Å². The summed E-state index contributed by atoms with van der Waals surface area (Å²) in [4.78, 5) is 40.9. The Bertz CT molecular complexity index is 1020. The van der Waals surface area contributed by atoms with Crippen molar-refractivity contribution < 1.29 is 19.1 Å². The molecule has 1 unspecified atom stereocenters. The summed E-state index contributed by atoms with van der Waals surface area (Å²) < 4.78 is 5.78. The fraction of sp³-hybridized carbons (Fsp3) is 0.400. The number of nitrogens with zero attached hydrogens (tertiary/aromatic N) is 2. The Kier molecular flexibility index (Phi) is 7.18. The third kappa shape index (κ3) is 5.28. The monoisotopic (exact) mass is 437 g/mol. The van der Waals surface area contributed by atoms with E-state index in [0.29, 0.717) is 23.0 Å². The van der Waals surface area contributed by atoms with Gasteiger partial charge in [0.1, 0.15) is 5.75 Å². The van der Waals surface area contributed by atoms with Crippen LogP contribution in [0, 0.1) is 6.92 Å². The first-order chi connectivity index (χ1) is 15.2. The number of para-hydroxylation sites is 2. The van der Waals surface area contributed by atoms with Gasteiger partial charge < -0.3 is 19.9 Å². The number of rotatable bonds is 6. The number of ether oxygens (including phenoxy) is 1. The Balaban J connectivity index is 1.67. The summed E-state index contributed by atoms with van der Waals surface area (Å²) in [5.41, 5.74) is 3.31. The minimum Gasteiger partial charge on any atom is -0.483 e. The van der Waals surface area contributed by atoms with Crippen LogP contribution in [-0.4, -0.2) is 48.9 Å². The van der Waals surface area contributed by atoms with E-state index in [1.807, 2.05) is 32.0 Å². The molecule has 1 heterocycles. The summed E-state index contributed by atoms with van der Waals surface area (Å²) in [6.45, 7) is 7.70. The van der Waals surface area contributed by atoms with E-state index in [1.54, 1.807) is 30.1 Å². The van der Waals surface area contributed by atoms with Crippen LogP contribution in [0.2, 0.25) is 0 Å². The minimum absolute atomic E-state index is 0.111. The molecule has 0 bridgehead atoms. The first-order valence-electron chi connectivity index (χ1n) is 10.9. The van der Waals surface area contributed by atoms with E-state index < -0.39 is 0 Å². The standard InChI is InChI=1S/C25H31N3O4/c1-16(2)19-11-10-17(3)22(13-19)32-15-25(31)27(5)14-24(30)28-18(4)12-23(29)26-20-8-6-7-9-21(20)28/h6-11,13,16,18H,12,14-15H2,1-5H3,(H,26,29). The minimum atomic E-state index is -0.327. The highest BCUT2D eigenvalue weighted by Gasteiger charge is 2.30. The second-order valence-electron chi connectivity index (χ2n) is 8.60. The predicted octanol–water partition coefficient (Wildman–Crippen LogP) is 3.72. The number of aryl methyl sites for hydroxylation is 1. The summed E-state index contributed by atoms with van der Waals surface area (Å²) in [6.07, 6.45) is 0.187. The number of fused-ring (bicyclic) bond motifs is 1. The summed E-state index contributed by atoms with van der Waals surface area (Å²) in [5.74, 6) is 0.336. The zero-order valence-corrected chi connectivity index (χ0v) is 19.3. The molecule has 1 atom stereocenters. The van der Waals surface area contributed by atoms with Gasteiger partial charge in [-0.25, -0.2) is 0 Å². The number of likely N-dealkylation sites (N-methyl/N-ethyl adjacent to an activating group) is 1. The van der Waals surface area contributed by atoms with Gasteiger partial charge in [0.05, 0.1) is 17.9 Å². The average molecular weight is 438 g/mol. The molecule has 3 amide bonds. The molecule has 2 aromatic carbocycles. The first kappa shape index (κ1) is 23.3. The van der Waals surface area contributed by atoms with Crippen LogP contribution in [0.3, 0.4) is 0 Å². The highest BCUT2D eigenvalue weighted by atomic mass is 16.5. The molecule has 0 fully saturated rings. The Morgan fingerprint density at radius 3 is 2.66 bits per heavy atom. The third-order valence-electron chi connectivity index (χ3n) is 5.66. The van der Waals surface area contributed by atoms with E-state index in [-0.39, 0.29) is 43.3 Å². The molecule has 3 rings (SSSR count). The molecule has 7 nitrogen and oxygen atoms in total. The van der Waals surface area contributed by atoms with E-state index in [0.717, 1.165) is 11.1 Å². The van der Waals surface area contributed by atoms with Crippen LogP contribution >= 0.6 is 0 Å². The lowest BCUT2D eigenvalue weighted by molar-refractivity contribution is -0.135. The van der Waals surface area contributed by atoms with E-state index in [1.165, 1.54) is 4.90 Å². The fourth-order valence-electron chi connectivity index (χ4n) is 3.72. The van der Waals surface area contributed by atoms with Crippen molar-refractivity contribution in [2.45, 2.75) is 46.1 Å². The molecule has 1 N–H and O–H groups in total. The predicted molar refractivity (Wildman–Crippen MR) is 125 cm³/mol. The van der Waals surface area contributed by atoms with Crippen LogP contribution in [0.4, 0.5) is 11.4 Å². The van der Waals surface area contributed by atoms with Crippen molar-refractivity contribution in [3.8, 4) is 5.75 Å². The number of anilines is 2. The SMILES string of the molecule is Cc1ccc(C(C)C)cc1OCC(=O)N(C)CC(=O)N1c2ccccc2NC(=O)CC1C. The molecule has 1 aliphatic heterocycles. The van der Waals surface area contributed by atoms with Crippen LogP contribution in [0.1, 0.15) is 44.2 Å². The third-order valence-corrected chi connectivity index (χ3v) is 5.66. The van der Waals surface area contributed by atoms with Crippen molar-refractivity contribution in [3.05, 3.63) is 53.6 Å². The molecule has 32 heavy (non-hydrogen) atoms. The topological polar surface area (TPSA) is 79.0 Å². The molecule has 0 aromatic heterocycles. The van der Waals surface area contributed by atoms with Gasteiger partial charge >= 0.3 is 0 Å². The van der Waals surface area contributed by atoms with E-state index in [4.69, 9.17) is 4.74 Å². The summed E-state index contributed by atoms with van der Waals surface area (Å²) in [5, 5.41) is 2.84. The molecule has 2 aromatic rings. The number of carbonyl (C=O) groups excluding carboxylic acids is 3. The van der Waals surface area contributed by atoms with Crippen LogP contribution in [0.25, 0.3) is 0 Å². The van der Waals surface area contributed by atoms with Gasteiger partial charge in [0, 0.05) is 19.5 Å². The summed E-state index contributed by atoms with van der Waals surface area (Å²) in [6, 6.07) is 12.9. The molecule has 0 spiro atoms. The van der Waals surface area contributed by atoms with Crippen molar-refractivity contribution in [3.63, 3.8) is 0 Å². The lowest BCUT2D eigenvalue weighted by atomic mass is 10.0. The van der Waals surface area contributed by atoms with Gasteiger partial charge in [0.15, 0.2) is 6.61 Å². The molecule has 0 radical (unpaired) electrons. The molecule has 1 aliphatic rings. The van der Waals surface area contributed by atoms with Gasteiger partial charge in [-0.1, -0.05) is 38.1 Å². The first-order valence-corrected chi connectivity index (χ1v) is 10.9. The highest BCUT2D eigenvalue weighted by Crippen LogP contribution is 2.31. The van der Waals surface area contributed by atoms with Crippen molar-refractivity contribution in [2.75, 3.05) is 30.4 Å². The quantitative estimate of drug-likeness (QED) is 0.747. The van der Waals surface area contributed by atoms with Crippen LogP contribution in [0.5, 0.6) is 5.75 Å². The molecule has 0 aliphatic carbocycles. The molecule has 0 saturated carbocycles. The second-order valence-corrected chi connectivity index (χ2v) is 8.60. The lowest BCUT2D eigenvalue weighted by Crippen LogP contribution is -2.46. The molecule has 0 saturated heterocycles. The van der Waals surface area contributed by atoms with E-state index >= 15 is 0 Å². The van der Waals surface area contributed by atoms with Gasteiger partial charge in [-0.15, -0.1) is 0 Å². The second kappa shape index (κ2) is 9.85. The highest BCUT2D eigenvalue weighted by molar-refractivity contribution is 6.05. The Morgan fingerprint density at radius 1 is 1.22 bits per heavy atom. The Labute approximate surface area is 189 Å². The summed E-state index contributed by atoms with van der Waals surface area (Å²) >= 11 is 0. The van der Waals surface area contributed by atoms with Gasteiger partial charge in [0.25, 0.3) is 5.91 Å². The lowest BCUT2D eigenvalue weighted by Gasteiger charge is -2.29. The smallest absolute Gasteiger partial charge is 0.260 e. The Morgan fingerprint density at radius 2 is 1.94 bits per heavy atom. The maximum atomic E-state index is 13.1. The van der Waals surface area contributed by atoms with Crippen LogP contribution in [-0.2, 0) is 14.4 Å². The van der Waals surface area contributed by atoms with Crippen molar-refractivity contribution in [1.82, 2.24) is 4.90 Å². The van der Waals surface area contributed by atoms with Gasteiger partial charge in [-0.2, -0.15) is 0 Å². The normalized spacial score (nSPS) is 15.6. The maximum absolute atomic E-state index is 13.1. The largest absolute Gasteiger partial charge is 0.483 e. The molecular formula is C25H31N3O4. The van der Waals surface area contributed by atoms with Crippen molar-refractivity contribution >= 4 is 29.1 Å². The van der Waals surface area contributed by atoms with Gasteiger partial charge in [-0.05, 0) is 49.1 Å². The number of hydrogen-bond donors (Lipinski definition) is 1. The van der Waals surface area contributed by atoms with Crippen molar-refractivity contribution in [2.24, 2.45) is 0 Å². The number of hydrogen-bond acceptors (Lipinski definition) is 4. The van der Waals surface area contributed by atoms with Gasteiger partial charge in [-0.3, -0.25) is 14.4 Å². The molecule has 170 valence electrons. The van der Waals surface area contributed by atoms with Crippen LogP contribution in [0.15, 0.2) is 42.5 Å². The van der Waals surface area contributed by atoms with E-state index in [9.17, 15) is 14.4 Å². The fourth-order valence-corrected chi connectivity index (χ4v) is 3.72. The maximum Gasteiger partial charge on any atom is 0.260 e. The average Bonchev–Trinajstić information content (AvgIpc) is 2.86. The zero-order valence-electron chi connectivity index (χ0n) is 19.3. The molecule has 7 heteroatoms. The Hall–Kier alpha value is -3.35. The summed E-state index contributed by atoms with van der Waals surface area (Å²) in [7, 11) is 1.58. The molecular weight excluding hydrogens is 406 g/mol. The van der Waals surface area contributed by atoms with E-state index in [2.05, 4.69) is 25.2 Å². The number of carbonyl (C=O) groups is 3. The van der Waals surface area contributed by atoms with Gasteiger partial charge in [0.2, 0.25) is 11.8 Å². The number of amides is 3.